The molecule has 0 amide bonds. The van der Waals surface area contributed by atoms with Gasteiger partial charge in [-0.3, -0.25) is 0 Å². The van der Waals surface area contributed by atoms with Crippen LogP contribution in [0.25, 0.3) is 0 Å². The van der Waals surface area contributed by atoms with Gasteiger partial charge in [-0.2, -0.15) is 4.72 Å². The Labute approximate surface area is 161 Å². The third kappa shape index (κ3) is 4.56. The van der Waals surface area contributed by atoms with Crippen molar-refractivity contribution in [1.82, 2.24) is 4.72 Å². The van der Waals surface area contributed by atoms with Crippen molar-refractivity contribution in [3.05, 3.63) is 95.6 Å². The monoisotopic (exact) mass is 380 g/mol. The van der Waals surface area contributed by atoms with Crippen molar-refractivity contribution in [3.63, 3.8) is 0 Å². The summed E-state index contributed by atoms with van der Waals surface area (Å²) >= 11 is 0. The van der Waals surface area contributed by atoms with Crippen LogP contribution in [0.5, 0.6) is 0 Å². The third-order valence-electron chi connectivity index (χ3n) is 4.48. The summed E-state index contributed by atoms with van der Waals surface area (Å²) in [5.74, 6) is 0. The molecule has 0 spiro atoms. The number of rotatable bonds is 6. The van der Waals surface area contributed by atoms with E-state index in [0.29, 0.717) is 0 Å². The highest BCUT2D eigenvalue weighted by atomic mass is 32.2. The lowest BCUT2D eigenvalue weighted by Gasteiger charge is -2.21. The van der Waals surface area contributed by atoms with Crippen LogP contribution in [0, 0.1) is 6.92 Å². The lowest BCUT2D eigenvalue weighted by atomic mass is 9.99. The van der Waals surface area contributed by atoms with Crippen LogP contribution in [-0.2, 0) is 10.0 Å². The molecule has 0 fully saturated rings. The van der Waals surface area contributed by atoms with E-state index in [1.165, 1.54) is 0 Å². The lowest BCUT2D eigenvalue weighted by Crippen LogP contribution is -2.29. The van der Waals surface area contributed by atoms with E-state index in [-0.39, 0.29) is 4.90 Å². The molecule has 0 aliphatic heterocycles. The molecular formula is C22H24N2O2S. The Bertz CT molecular complexity index is 981. The van der Waals surface area contributed by atoms with Crippen LogP contribution in [0.3, 0.4) is 0 Å². The van der Waals surface area contributed by atoms with Crippen molar-refractivity contribution in [3.8, 4) is 0 Å². The van der Waals surface area contributed by atoms with Crippen molar-refractivity contribution < 1.29 is 8.42 Å². The molecule has 5 heteroatoms. The first-order valence-electron chi connectivity index (χ1n) is 8.78. The Hall–Kier alpha value is -2.63. The minimum absolute atomic E-state index is 0.263. The smallest absolute Gasteiger partial charge is 0.241 e. The second-order valence-electron chi connectivity index (χ2n) is 6.76. The molecule has 0 saturated heterocycles. The highest BCUT2D eigenvalue weighted by Crippen LogP contribution is 2.26. The average molecular weight is 381 g/mol. The van der Waals surface area contributed by atoms with E-state index in [1.54, 1.807) is 24.3 Å². The van der Waals surface area contributed by atoms with Gasteiger partial charge in [0.2, 0.25) is 10.0 Å². The maximum Gasteiger partial charge on any atom is 0.241 e. The van der Waals surface area contributed by atoms with Gasteiger partial charge in [0.1, 0.15) is 0 Å². The summed E-state index contributed by atoms with van der Waals surface area (Å²) in [5.41, 5.74) is 3.87. The van der Waals surface area contributed by atoms with Gasteiger partial charge in [-0.1, -0.05) is 60.2 Å². The summed E-state index contributed by atoms with van der Waals surface area (Å²) in [6, 6.07) is 23.9. The summed E-state index contributed by atoms with van der Waals surface area (Å²) in [6.45, 7) is 1.93. The van der Waals surface area contributed by atoms with E-state index in [2.05, 4.69) is 4.72 Å². The van der Waals surface area contributed by atoms with Crippen LogP contribution in [0.15, 0.2) is 83.8 Å². The number of benzene rings is 3. The van der Waals surface area contributed by atoms with Gasteiger partial charge in [-0.15, -0.1) is 0 Å². The van der Waals surface area contributed by atoms with Crippen LogP contribution in [0.2, 0.25) is 0 Å². The highest BCUT2D eigenvalue weighted by molar-refractivity contribution is 7.89. The molecule has 0 bridgehead atoms. The first-order valence-corrected chi connectivity index (χ1v) is 10.3. The summed E-state index contributed by atoms with van der Waals surface area (Å²) in [5, 5.41) is 0. The predicted molar refractivity (Wildman–Crippen MR) is 111 cm³/mol. The molecule has 0 radical (unpaired) electrons. The number of anilines is 1. The van der Waals surface area contributed by atoms with Gasteiger partial charge >= 0.3 is 0 Å². The largest absolute Gasteiger partial charge is 0.378 e. The van der Waals surface area contributed by atoms with Gasteiger partial charge in [0.15, 0.2) is 0 Å². The molecule has 3 aromatic rings. The molecule has 4 nitrogen and oxygen atoms in total. The Morgan fingerprint density at radius 3 is 1.89 bits per heavy atom. The Kier molecular flexibility index (Phi) is 5.63. The quantitative estimate of drug-likeness (QED) is 0.700. The van der Waals surface area contributed by atoms with Gasteiger partial charge in [0.25, 0.3) is 0 Å². The molecule has 3 aromatic carbocycles. The third-order valence-corrected chi connectivity index (χ3v) is 5.92. The lowest BCUT2D eigenvalue weighted by molar-refractivity contribution is 0.572. The molecule has 0 aliphatic rings. The number of nitrogens with one attached hydrogen (secondary N) is 1. The summed E-state index contributed by atoms with van der Waals surface area (Å²) in [4.78, 5) is 2.27. The second kappa shape index (κ2) is 7.94. The van der Waals surface area contributed by atoms with E-state index < -0.39 is 16.1 Å². The summed E-state index contributed by atoms with van der Waals surface area (Å²) < 4.78 is 28.8. The Balaban J connectivity index is 1.99. The standard InChI is InChI=1S/C22H24N2O2S/c1-17-9-15-21(16-10-17)27(25,26)23-22(18-7-5-4-6-8-18)19-11-13-20(14-12-19)24(2)3/h4-16,22-23H,1-3H3/t22-/m0/s1. The van der Waals surface area contributed by atoms with Crippen LogP contribution >= 0.6 is 0 Å². The van der Waals surface area contributed by atoms with Crippen LogP contribution in [0.4, 0.5) is 5.69 Å². The fourth-order valence-electron chi connectivity index (χ4n) is 2.88. The SMILES string of the molecule is Cc1ccc(S(=O)(=O)N[C@@H](c2ccccc2)c2ccc(N(C)C)cc2)cc1. The molecule has 27 heavy (non-hydrogen) atoms. The molecule has 1 atom stereocenters. The normalized spacial score (nSPS) is 12.6. The van der Waals surface area contributed by atoms with Crippen molar-refractivity contribution in [2.45, 2.75) is 17.9 Å². The van der Waals surface area contributed by atoms with E-state index in [1.807, 2.05) is 80.5 Å². The summed E-state index contributed by atoms with van der Waals surface area (Å²) in [7, 11) is 0.293. The number of sulfonamides is 1. The first-order chi connectivity index (χ1) is 12.9. The average Bonchev–Trinajstić information content (AvgIpc) is 2.67. The fourth-order valence-corrected chi connectivity index (χ4v) is 4.09. The number of hydrogen-bond acceptors (Lipinski definition) is 3. The molecule has 0 aliphatic carbocycles. The molecule has 3 rings (SSSR count). The van der Waals surface area contributed by atoms with E-state index in [0.717, 1.165) is 22.4 Å². The van der Waals surface area contributed by atoms with Gasteiger partial charge in [0.05, 0.1) is 10.9 Å². The van der Waals surface area contributed by atoms with Crippen LogP contribution in [-0.4, -0.2) is 22.5 Å². The van der Waals surface area contributed by atoms with Gasteiger partial charge in [0, 0.05) is 19.8 Å². The fraction of sp³-hybridized carbons (Fsp3) is 0.182. The second-order valence-corrected chi connectivity index (χ2v) is 8.48. The maximum atomic E-state index is 13.0. The topological polar surface area (TPSA) is 49.4 Å². The van der Waals surface area contributed by atoms with Crippen LogP contribution in [0.1, 0.15) is 22.7 Å². The number of aryl methyl sites for hydroxylation is 1. The van der Waals surface area contributed by atoms with E-state index >= 15 is 0 Å². The van der Waals surface area contributed by atoms with Gasteiger partial charge < -0.3 is 4.90 Å². The van der Waals surface area contributed by atoms with Crippen molar-refractivity contribution in [1.29, 1.82) is 0 Å². The minimum atomic E-state index is -3.66. The number of hydrogen-bond donors (Lipinski definition) is 1. The molecule has 0 aromatic heterocycles. The van der Waals surface area contributed by atoms with Gasteiger partial charge in [-0.25, -0.2) is 8.42 Å². The van der Waals surface area contributed by atoms with Crippen LogP contribution < -0.4 is 9.62 Å². The first kappa shape index (κ1) is 19.1. The zero-order chi connectivity index (χ0) is 19.4. The number of nitrogens with zero attached hydrogens (tertiary/aromatic N) is 1. The molecular weight excluding hydrogens is 356 g/mol. The molecule has 1 N–H and O–H groups in total. The minimum Gasteiger partial charge on any atom is -0.378 e. The zero-order valence-corrected chi connectivity index (χ0v) is 16.6. The van der Waals surface area contributed by atoms with Crippen molar-refractivity contribution in [2.75, 3.05) is 19.0 Å². The maximum absolute atomic E-state index is 13.0. The van der Waals surface area contributed by atoms with Crippen molar-refractivity contribution >= 4 is 15.7 Å². The Morgan fingerprint density at radius 2 is 1.33 bits per heavy atom. The molecule has 0 saturated carbocycles. The molecule has 0 heterocycles. The predicted octanol–water partition coefficient (Wildman–Crippen LogP) is 4.13. The molecule has 140 valence electrons. The van der Waals surface area contributed by atoms with Crippen molar-refractivity contribution in [2.24, 2.45) is 0 Å². The van der Waals surface area contributed by atoms with E-state index in [4.69, 9.17) is 0 Å². The highest BCUT2D eigenvalue weighted by Gasteiger charge is 2.23. The zero-order valence-electron chi connectivity index (χ0n) is 15.8. The van der Waals surface area contributed by atoms with Gasteiger partial charge in [-0.05, 0) is 42.3 Å². The summed E-state index contributed by atoms with van der Waals surface area (Å²) in [6.07, 6.45) is 0. The molecule has 0 unspecified atom stereocenters. The van der Waals surface area contributed by atoms with E-state index in [9.17, 15) is 8.42 Å². The Morgan fingerprint density at radius 1 is 0.778 bits per heavy atom.